The van der Waals surface area contributed by atoms with Crippen LogP contribution in [0.1, 0.15) is 10.4 Å². The number of rotatable bonds is 4. The minimum atomic E-state index is -0.0269. The third-order valence-corrected chi connectivity index (χ3v) is 5.56. The molecule has 1 heterocycles. The largest absolute Gasteiger partial charge is 0.293 e. The number of thioether (sulfide) groups is 1. The average molecular weight is 354 g/mol. The molecule has 0 atom stereocenters. The maximum absolute atomic E-state index is 12.2. The molecule has 0 unspecified atom stereocenters. The lowest BCUT2D eigenvalue weighted by atomic mass is 10.1. The molecular formula is C15H9Cl2NOS2. The number of carbonyl (C=O) groups excluding carboxylic acids is 1. The van der Waals surface area contributed by atoms with E-state index in [0.29, 0.717) is 21.4 Å². The zero-order valence-corrected chi connectivity index (χ0v) is 13.8. The van der Waals surface area contributed by atoms with Gasteiger partial charge in [-0.15, -0.1) is 11.3 Å². The molecule has 21 heavy (non-hydrogen) atoms. The van der Waals surface area contributed by atoms with Crippen LogP contribution in [0.4, 0.5) is 0 Å². The Labute approximate surface area is 140 Å². The molecule has 0 spiro atoms. The SMILES string of the molecule is O=C(CSc1nc2ccccc2s1)c1ccc(Cl)cc1Cl. The van der Waals surface area contributed by atoms with Crippen LogP contribution in [-0.4, -0.2) is 16.5 Å². The molecule has 2 aromatic carbocycles. The number of para-hydroxylation sites is 1. The highest BCUT2D eigenvalue weighted by Gasteiger charge is 2.13. The number of ketones is 1. The molecule has 106 valence electrons. The van der Waals surface area contributed by atoms with Gasteiger partial charge in [-0.25, -0.2) is 4.98 Å². The summed E-state index contributed by atoms with van der Waals surface area (Å²) in [5.74, 6) is 0.280. The summed E-state index contributed by atoms with van der Waals surface area (Å²) >= 11 is 14.9. The molecule has 0 saturated heterocycles. The lowest BCUT2D eigenvalue weighted by Crippen LogP contribution is -2.03. The van der Waals surface area contributed by atoms with E-state index >= 15 is 0 Å². The van der Waals surface area contributed by atoms with Crippen molar-refractivity contribution in [2.75, 3.05) is 5.75 Å². The molecule has 0 amide bonds. The second-order valence-corrected chi connectivity index (χ2v) is 7.38. The molecule has 0 aliphatic rings. The van der Waals surface area contributed by atoms with Crippen LogP contribution in [0, 0.1) is 0 Å². The monoisotopic (exact) mass is 353 g/mol. The van der Waals surface area contributed by atoms with Gasteiger partial charge in [-0.2, -0.15) is 0 Å². The summed E-state index contributed by atoms with van der Waals surface area (Å²) < 4.78 is 2.01. The second kappa shape index (κ2) is 6.36. The highest BCUT2D eigenvalue weighted by Crippen LogP contribution is 2.30. The Morgan fingerprint density at radius 2 is 2.00 bits per heavy atom. The van der Waals surface area contributed by atoms with Gasteiger partial charge >= 0.3 is 0 Å². The Kier molecular flexibility index (Phi) is 4.50. The van der Waals surface area contributed by atoms with Gasteiger partial charge in [0.25, 0.3) is 0 Å². The fourth-order valence-electron chi connectivity index (χ4n) is 1.83. The molecule has 0 N–H and O–H groups in total. The van der Waals surface area contributed by atoms with E-state index in [1.54, 1.807) is 29.5 Å². The first-order valence-corrected chi connectivity index (χ1v) is 8.66. The van der Waals surface area contributed by atoms with E-state index in [1.807, 2.05) is 24.3 Å². The van der Waals surface area contributed by atoms with Crippen LogP contribution in [0.25, 0.3) is 10.2 Å². The molecule has 0 aliphatic carbocycles. The number of hydrogen-bond donors (Lipinski definition) is 0. The van der Waals surface area contributed by atoms with Crippen molar-refractivity contribution in [3.8, 4) is 0 Å². The van der Waals surface area contributed by atoms with Crippen molar-refractivity contribution in [2.45, 2.75) is 4.34 Å². The summed E-state index contributed by atoms with van der Waals surface area (Å²) in [5.41, 5.74) is 1.46. The van der Waals surface area contributed by atoms with Gasteiger partial charge in [-0.05, 0) is 30.3 Å². The third-order valence-electron chi connectivity index (χ3n) is 2.83. The molecule has 6 heteroatoms. The minimum Gasteiger partial charge on any atom is -0.293 e. The van der Waals surface area contributed by atoms with Crippen LogP contribution in [0.2, 0.25) is 10.0 Å². The van der Waals surface area contributed by atoms with Crippen molar-refractivity contribution >= 4 is 62.3 Å². The third kappa shape index (κ3) is 3.40. The van der Waals surface area contributed by atoms with Gasteiger partial charge in [0.2, 0.25) is 0 Å². The first-order valence-electron chi connectivity index (χ1n) is 6.10. The summed E-state index contributed by atoms with van der Waals surface area (Å²) in [5, 5.41) is 0.910. The van der Waals surface area contributed by atoms with Gasteiger partial charge in [0, 0.05) is 10.6 Å². The van der Waals surface area contributed by atoms with Crippen molar-refractivity contribution in [1.82, 2.24) is 4.98 Å². The molecule has 0 aliphatic heterocycles. The van der Waals surface area contributed by atoms with Gasteiger partial charge in [-0.3, -0.25) is 4.79 Å². The Morgan fingerprint density at radius 1 is 1.19 bits per heavy atom. The van der Waals surface area contributed by atoms with Gasteiger partial charge in [0.05, 0.1) is 21.0 Å². The molecule has 2 nitrogen and oxygen atoms in total. The highest BCUT2D eigenvalue weighted by atomic mass is 35.5. The number of nitrogens with zero attached hydrogens (tertiary/aromatic N) is 1. The molecule has 3 aromatic rings. The predicted molar refractivity (Wildman–Crippen MR) is 91.1 cm³/mol. The van der Waals surface area contributed by atoms with Crippen LogP contribution in [-0.2, 0) is 0 Å². The number of fused-ring (bicyclic) bond motifs is 1. The molecular weight excluding hydrogens is 345 g/mol. The van der Waals surface area contributed by atoms with Crippen molar-refractivity contribution < 1.29 is 4.79 Å². The maximum atomic E-state index is 12.2. The van der Waals surface area contributed by atoms with Crippen LogP contribution in [0.15, 0.2) is 46.8 Å². The number of halogens is 2. The second-order valence-electron chi connectivity index (χ2n) is 4.28. The number of aromatic nitrogens is 1. The Morgan fingerprint density at radius 3 is 2.76 bits per heavy atom. The quantitative estimate of drug-likeness (QED) is 0.453. The zero-order valence-electron chi connectivity index (χ0n) is 10.7. The number of thiazole rings is 1. The normalized spacial score (nSPS) is 11.0. The predicted octanol–water partition coefficient (Wildman–Crippen LogP) is 5.58. The van der Waals surface area contributed by atoms with Crippen molar-refractivity contribution in [3.05, 3.63) is 58.1 Å². The molecule has 0 bridgehead atoms. The van der Waals surface area contributed by atoms with Crippen molar-refractivity contribution in [2.24, 2.45) is 0 Å². The van der Waals surface area contributed by atoms with E-state index in [2.05, 4.69) is 4.98 Å². The molecule has 3 rings (SSSR count). The molecule has 1 aromatic heterocycles. The molecule has 0 fully saturated rings. The van der Waals surface area contributed by atoms with E-state index in [0.717, 1.165) is 14.6 Å². The fourth-order valence-corrected chi connectivity index (χ4v) is 4.30. The van der Waals surface area contributed by atoms with E-state index in [4.69, 9.17) is 23.2 Å². The van der Waals surface area contributed by atoms with E-state index in [-0.39, 0.29) is 5.78 Å². The fraction of sp³-hybridized carbons (Fsp3) is 0.0667. The summed E-state index contributed by atoms with van der Waals surface area (Å²) in [6.45, 7) is 0. The summed E-state index contributed by atoms with van der Waals surface area (Å²) in [6, 6.07) is 12.8. The maximum Gasteiger partial charge on any atom is 0.174 e. The van der Waals surface area contributed by atoms with Gasteiger partial charge < -0.3 is 0 Å². The first kappa shape index (κ1) is 14.9. The Balaban J connectivity index is 1.73. The van der Waals surface area contributed by atoms with Crippen LogP contribution >= 0.6 is 46.3 Å². The van der Waals surface area contributed by atoms with E-state index in [9.17, 15) is 4.79 Å². The number of Topliss-reactive ketones (excluding diaryl/α,β-unsaturated/α-hetero) is 1. The highest BCUT2D eigenvalue weighted by molar-refractivity contribution is 8.01. The van der Waals surface area contributed by atoms with Crippen molar-refractivity contribution in [1.29, 1.82) is 0 Å². The Bertz CT molecular complexity index is 783. The van der Waals surface area contributed by atoms with Gasteiger partial charge in [0.1, 0.15) is 0 Å². The standard InChI is InChI=1S/C15H9Cl2NOS2/c16-9-5-6-10(11(17)7-9)13(19)8-20-15-18-12-3-1-2-4-14(12)21-15/h1-7H,8H2. The molecule has 0 saturated carbocycles. The van der Waals surface area contributed by atoms with E-state index < -0.39 is 0 Å². The summed E-state index contributed by atoms with van der Waals surface area (Å²) in [6.07, 6.45) is 0. The van der Waals surface area contributed by atoms with Crippen LogP contribution < -0.4 is 0 Å². The minimum absolute atomic E-state index is 0.0269. The lowest BCUT2D eigenvalue weighted by Gasteiger charge is -2.02. The topological polar surface area (TPSA) is 30.0 Å². The smallest absolute Gasteiger partial charge is 0.174 e. The van der Waals surface area contributed by atoms with Gasteiger partial charge in [0.15, 0.2) is 10.1 Å². The zero-order chi connectivity index (χ0) is 14.8. The van der Waals surface area contributed by atoms with Gasteiger partial charge in [-0.1, -0.05) is 47.1 Å². The lowest BCUT2D eigenvalue weighted by molar-refractivity contribution is 0.102. The summed E-state index contributed by atoms with van der Waals surface area (Å²) in [4.78, 5) is 16.7. The van der Waals surface area contributed by atoms with Crippen LogP contribution in [0.3, 0.4) is 0 Å². The first-order chi connectivity index (χ1) is 10.1. The van der Waals surface area contributed by atoms with Crippen LogP contribution in [0.5, 0.6) is 0 Å². The van der Waals surface area contributed by atoms with E-state index in [1.165, 1.54) is 11.8 Å². The van der Waals surface area contributed by atoms with Crippen molar-refractivity contribution in [3.63, 3.8) is 0 Å². The Hall–Kier alpha value is -1.07. The molecule has 0 radical (unpaired) electrons. The summed E-state index contributed by atoms with van der Waals surface area (Å²) in [7, 11) is 0. The number of hydrogen-bond acceptors (Lipinski definition) is 4. The number of carbonyl (C=O) groups is 1. The average Bonchev–Trinajstić information content (AvgIpc) is 2.87. The number of benzene rings is 2.